The maximum Gasteiger partial charge on any atom is 0.251 e. The van der Waals surface area contributed by atoms with E-state index in [0.29, 0.717) is 0 Å². The summed E-state index contributed by atoms with van der Waals surface area (Å²) in [7, 11) is -2.48. The number of rotatable bonds is 3. The van der Waals surface area contributed by atoms with Crippen molar-refractivity contribution < 1.29 is 0 Å². The lowest BCUT2D eigenvalue weighted by Crippen LogP contribution is -2.83. The van der Waals surface area contributed by atoms with Gasteiger partial charge in [0.1, 0.15) is 8.07 Å². The van der Waals surface area contributed by atoms with Gasteiger partial charge in [0.25, 0.3) is 6.71 Å². The fourth-order valence-corrected chi connectivity index (χ4v) is 16.9. The highest BCUT2D eigenvalue weighted by molar-refractivity contribution is 7.26. The lowest BCUT2D eigenvalue weighted by molar-refractivity contribution is 1.26. The monoisotopic (exact) mass is 750 g/mol. The third-order valence-corrected chi connectivity index (χ3v) is 19.5. The molecule has 2 nitrogen and oxygen atoms in total. The molecule has 55 heavy (non-hydrogen) atoms. The van der Waals surface area contributed by atoms with Gasteiger partial charge in [-0.25, -0.2) is 0 Å². The Bertz CT molecular complexity index is 3080. The maximum absolute atomic E-state index is 2.60. The van der Waals surface area contributed by atoms with Crippen LogP contribution in [0, 0.1) is 0 Å². The highest BCUT2D eigenvalue weighted by Crippen LogP contribution is 2.47. The average molecular weight is 751 g/mol. The van der Waals surface area contributed by atoms with Crippen molar-refractivity contribution in [1.29, 1.82) is 0 Å². The van der Waals surface area contributed by atoms with E-state index in [4.69, 9.17) is 0 Å². The summed E-state index contributed by atoms with van der Waals surface area (Å²) in [6, 6.07) is 64.7. The van der Waals surface area contributed by atoms with Gasteiger partial charge < -0.3 is 9.80 Å². The van der Waals surface area contributed by atoms with Gasteiger partial charge in [0.05, 0.1) is 0 Å². The van der Waals surface area contributed by atoms with E-state index in [9.17, 15) is 0 Å². The third kappa shape index (κ3) is 3.89. The Hall–Kier alpha value is -5.92. The minimum Gasteiger partial charge on any atom is -0.311 e. The summed E-state index contributed by atoms with van der Waals surface area (Å²) in [5, 5.41) is 9.84. The second-order valence-electron chi connectivity index (χ2n) is 15.3. The number of benzene rings is 8. The van der Waals surface area contributed by atoms with E-state index in [0.717, 1.165) is 0 Å². The van der Waals surface area contributed by atoms with E-state index < -0.39 is 8.07 Å². The molecule has 0 saturated carbocycles. The molecule has 8 aromatic carbocycles. The minimum absolute atomic E-state index is 0.140. The Morgan fingerprint density at radius 3 is 1.36 bits per heavy atom. The van der Waals surface area contributed by atoms with Crippen LogP contribution in [0.4, 0.5) is 34.1 Å². The largest absolute Gasteiger partial charge is 0.311 e. The topological polar surface area (TPSA) is 6.48 Å². The Morgan fingerprint density at radius 1 is 0.400 bits per heavy atom. The first-order valence-electron chi connectivity index (χ1n) is 19.0. The normalized spacial score (nSPS) is 14.7. The fourth-order valence-electron chi connectivity index (χ4n) is 10.4. The molecule has 0 spiro atoms. The zero-order chi connectivity index (χ0) is 36.0. The summed E-state index contributed by atoms with van der Waals surface area (Å²) in [6.45, 7) is 2.74. The van der Waals surface area contributed by atoms with Gasteiger partial charge in [0.2, 0.25) is 0 Å². The van der Waals surface area contributed by atoms with Gasteiger partial charge in [-0.2, -0.15) is 0 Å². The Balaban J connectivity index is 1.13. The molecule has 3 aliphatic rings. The van der Waals surface area contributed by atoms with Gasteiger partial charge in [-0.05, 0) is 82.2 Å². The van der Waals surface area contributed by atoms with Crippen LogP contribution in [0.5, 0.6) is 0 Å². The van der Waals surface area contributed by atoms with Crippen molar-refractivity contribution in [2.24, 2.45) is 0 Å². The molecule has 5 heterocycles. The highest BCUT2D eigenvalue weighted by Gasteiger charge is 2.53. The summed E-state index contributed by atoms with van der Waals surface area (Å²) in [4.78, 5) is 5.17. The van der Waals surface area contributed by atoms with Crippen LogP contribution in [-0.4, -0.2) is 14.8 Å². The smallest absolute Gasteiger partial charge is 0.251 e. The van der Waals surface area contributed by atoms with Crippen LogP contribution in [0.1, 0.15) is 0 Å². The lowest BCUT2D eigenvalue weighted by atomic mass is 9.33. The summed E-state index contributed by atoms with van der Waals surface area (Å²) >= 11 is 3.79. The molecule has 0 radical (unpaired) electrons. The summed E-state index contributed by atoms with van der Waals surface area (Å²) in [5.41, 5.74) is 11.9. The molecule has 0 N–H and O–H groups in total. The van der Waals surface area contributed by atoms with Crippen molar-refractivity contribution in [3.8, 4) is 0 Å². The molecule has 0 aliphatic carbocycles. The van der Waals surface area contributed by atoms with E-state index >= 15 is 0 Å². The summed E-state index contributed by atoms with van der Waals surface area (Å²) < 4.78 is 5.32. The predicted octanol–water partition coefficient (Wildman–Crippen LogP) is 9.92. The molecule has 0 bridgehead atoms. The van der Waals surface area contributed by atoms with Crippen molar-refractivity contribution in [3.63, 3.8) is 0 Å². The number of anilines is 6. The van der Waals surface area contributed by atoms with E-state index in [2.05, 4.69) is 186 Å². The quantitative estimate of drug-likeness (QED) is 0.166. The van der Waals surface area contributed by atoms with Gasteiger partial charge in [-0.1, -0.05) is 126 Å². The number of hydrogen-bond donors (Lipinski definition) is 0. The van der Waals surface area contributed by atoms with Crippen molar-refractivity contribution >= 4 is 144 Å². The standard InChI is InChI=1S/C49H31BN2S2Si/c1-55(32-12-3-2-4-13-32)45-22-10-18-39-48(45)50-47-37(51(39)30-24-26-35-33-14-5-7-20-41(33)53-43(35)28-30)16-9-17-38(47)52(40-19-11-23-46(55)49(40)50)31-25-27-36-34-15-6-8-21-42(34)54-44(36)29-31/h2-29H,1H3. The van der Waals surface area contributed by atoms with Crippen LogP contribution in [0.2, 0.25) is 6.55 Å². The van der Waals surface area contributed by atoms with Crippen LogP contribution in [0.15, 0.2) is 170 Å². The van der Waals surface area contributed by atoms with Crippen molar-refractivity contribution in [2.45, 2.75) is 6.55 Å². The SMILES string of the molecule is C[Si]1(c2ccccc2)c2cccc3c2B2c4c(cccc4N(c4ccc5c(c4)sc4ccccc45)c4cccc1c42)N3c1ccc2c(c1)sc1ccccc12. The first-order valence-corrected chi connectivity index (χ1v) is 23.2. The molecule has 10 aromatic rings. The highest BCUT2D eigenvalue weighted by atomic mass is 32.1. The van der Waals surface area contributed by atoms with Gasteiger partial charge in [0, 0.05) is 74.5 Å². The Morgan fingerprint density at radius 2 is 0.836 bits per heavy atom. The second kappa shape index (κ2) is 10.9. The molecule has 0 saturated heterocycles. The van der Waals surface area contributed by atoms with Crippen molar-refractivity contribution in [2.75, 3.05) is 9.80 Å². The number of hydrogen-bond acceptors (Lipinski definition) is 4. The van der Waals surface area contributed by atoms with Crippen LogP contribution in [0.3, 0.4) is 0 Å². The Kier molecular flexibility index (Phi) is 6.00. The van der Waals surface area contributed by atoms with E-state index in [1.165, 1.54) is 106 Å². The van der Waals surface area contributed by atoms with Crippen molar-refractivity contribution in [3.05, 3.63) is 170 Å². The predicted molar refractivity (Wildman–Crippen MR) is 243 cm³/mol. The second-order valence-corrected chi connectivity index (χ2v) is 21.4. The number of nitrogens with zero attached hydrogens (tertiary/aromatic N) is 2. The molecular formula is C49H31BN2S2Si. The fraction of sp³-hybridized carbons (Fsp3) is 0.0204. The van der Waals surface area contributed by atoms with Gasteiger partial charge in [-0.3, -0.25) is 0 Å². The summed E-state index contributed by atoms with van der Waals surface area (Å²) in [5.74, 6) is 0. The molecule has 2 aromatic heterocycles. The van der Waals surface area contributed by atoms with E-state index in [-0.39, 0.29) is 6.71 Å². The first kappa shape index (κ1) is 30.4. The molecule has 3 aliphatic heterocycles. The molecule has 0 fully saturated rings. The molecule has 13 rings (SSSR count). The molecule has 0 amide bonds. The number of fused-ring (bicyclic) bond motifs is 6. The van der Waals surface area contributed by atoms with Gasteiger partial charge >= 0.3 is 0 Å². The zero-order valence-electron chi connectivity index (χ0n) is 30.0. The molecule has 0 unspecified atom stereocenters. The van der Waals surface area contributed by atoms with Gasteiger partial charge in [0.15, 0.2) is 0 Å². The van der Waals surface area contributed by atoms with E-state index in [1.807, 2.05) is 22.7 Å². The number of thiophene rings is 2. The van der Waals surface area contributed by atoms with Crippen LogP contribution < -0.4 is 41.7 Å². The molecule has 0 atom stereocenters. The van der Waals surface area contributed by atoms with Gasteiger partial charge in [-0.15, -0.1) is 22.7 Å². The van der Waals surface area contributed by atoms with Crippen molar-refractivity contribution in [1.82, 2.24) is 0 Å². The maximum atomic E-state index is 2.60. The Labute approximate surface area is 328 Å². The lowest BCUT2D eigenvalue weighted by Gasteiger charge is -2.50. The van der Waals surface area contributed by atoms with E-state index in [1.54, 1.807) is 0 Å². The molecule has 6 heteroatoms. The average Bonchev–Trinajstić information content (AvgIpc) is 3.80. The van der Waals surface area contributed by atoms with Crippen LogP contribution in [0.25, 0.3) is 40.3 Å². The summed E-state index contributed by atoms with van der Waals surface area (Å²) in [6.07, 6.45) is 0. The zero-order valence-corrected chi connectivity index (χ0v) is 32.6. The molecule has 256 valence electrons. The molecular weight excluding hydrogens is 720 g/mol. The first-order chi connectivity index (χ1) is 27.2. The minimum atomic E-state index is -2.48. The van der Waals surface area contributed by atoms with Crippen LogP contribution >= 0.6 is 22.7 Å². The third-order valence-electron chi connectivity index (χ3n) is 12.7. The van der Waals surface area contributed by atoms with Crippen LogP contribution in [-0.2, 0) is 0 Å².